The minimum atomic E-state index is -2.04. The quantitative estimate of drug-likeness (QED) is 0.385. The standard InChI is InChI=1S/C5H6O2S2.Na/c1-4-2-3-5(8-4)9(6)7;/h2-3H,1H3,(H,6,7);/q;+1/p-1. The van der Waals surface area contributed by atoms with Crippen molar-refractivity contribution in [3.63, 3.8) is 0 Å². The van der Waals surface area contributed by atoms with E-state index >= 15 is 0 Å². The molecule has 0 N–H and O–H groups in total. The molecule has 0 bridgehead atoms. The number of hydrogen-bond acceptors (Lipinski definition) is 3. The summed E-state index contributed by atoms with van der Waals surface area (Å²) in [5.74, 6) is 0. The molecule has 0 aliphatic heterocycles. The number of rotatable bonds is 1. The molecule has 1 heterocycles. The molecular weight excluding hydrogens is 179 g/mol. The van der Waals surface area contributed by atoms with Gasteiger partial charge < -0.3 is 4.55 Å². The van der Waals surface area contributed by atoms with E-state index < -0.39 is 11.1 Å². The molecule has 1 unspecified atom stereocenters. The Morgan fingerprint density at radius 1 is 1.60 bits per heavy atom. The van der Waals surface area contributed by atoms with Gasteiger partial charge in [0.05, 0.1) is 4.21 Å². The number of hydrogen-bond donors (Lipinski definition) is 0. The first kappa shape index (κ1) is 10.8. The summed E-state index contributed by atoms with van der Waals surface area (Å²) in [6.45, 7) is 1.88. The van der Waals surface area contributed by atoms with Crippen LogP contribution in [-0.2, 0) is 11.1 Å². The molecule has 10 heavy (non-hydrogen) atoms. The van der Waals surface area contributed by atoms with Crippen molar-refractivity contribution in [2.24, 2.45) is 0 Å². The van der Waals surface area contributed by atoms with Crippen LogP contribution in [0.2, 0.25) is 0 Å². The second-order valence-electron chi connectivity index (χ2n) is 1.60. The normalized spacial score (nSPS) is 12.2. The van der Waals surface area contributed by atoms with Crippen molar-refractivity contribution in [3.8, 4) is 0 Å². The summed E-state index contributed by atoms with van der Waals surface area (Å²) in [5, 5.41) is 0. The average molecular weight is 184 g/mol. The van der Waals surface area contributed by atoms with Crippen LogP contribution in [0, 0.1) is 6.92 Å². The molecule has 50 valence electrons. The molecule has 0 aromatic carbocycles. The van der Waals surface area contributed by atoms with Crippen LogP contribution in [0.3, 0.4) is 0 Å². The van der Waals surface area contributed by atoms with Crippen LogP contribution in [0.15, 0.2) is 16.3 Å². The van der Waals surface area contributed by atoms with Crippen molar-refractivity contribution in [2.75, 3.05) is 0 Å². The van der Waals surface area contributed by atoms with Crippen LogP contribution < -0.4 is 29.6 Å². The molecule has 0 saturated carbocycles. The fraction of sp³-hybridized carbons (Fsp3) is 0.200. The van der Waals surface area contributed by atoms with Crippen molar-refractivity contribution in [2.45, 2.75) is 11.1 Å². The van der Waals surface area contributed by atoms with Gasteiger partial charge in [0.2, 0.25) is 0 Å². The maximum atomic E-state index is 10.2. The van der Waals surface area contributed by atoms with E-state index in [1.807, 2.05) is 6.92 Å². The molecule has 0 aliphatic rings. The van der Waals surface area contributed by atoms with E-state index in [4.69, 9.17) is 0 Å². The fourth-order valence-electron chi connectivity index (χ4n) is 0.502. The molecule has 0 spiro atoms. The second kappa shape index (κ2) is 4.64. The first-order valence-corrected chi connectivity index (χ1v) is 4.25. The van der Waals surface area contributed by atoms with E-state index in [-0.39, 0.29) is 29.6 Å². The summed E-state index contributed by atoms with van der Waals surface area (Å²) in [7, 11) is 0. The summed E-state index contributed by atoms with van der Waals surface area (Å²) < 4.78 is 20.9. The first-order chi connectivity index (χ1) is 4.20. The summed E-state index contributed by atoms with van der Waals surface area (Å²) in [5.41, 5.74) is 0. The van der Waals surface area contributed by atoms with Gasteiger partial charge in [0.1, 0.15) is 0 Å². The Morgan fingerprint density at radius 3 is 2.40 bits per heavy atom. The minimum absolute atomic E-state index is 0. The minimum Gasteiger partial charge on any atom is -0.768 e. The van der Waals surface area contributed by atoms with Gasteiger partial charge in [-0.2, -0.15) is 0 Å². The number of aryl methyl sites for hydroxylation is 1. The van der Waals surface area contributed by atoms with Crippen molar-refractivity contribution < 1.29 is 38.3 Å². The summed E-state index contributed by atoms with van der Waals surface area (Å²) in [6, 6.07) is 3.39. The van der Waals surface area contributed by atoms with E-state index in [0.717, 1.165) is 4.88 Å². The van der Waals surface area contributed by atoms with Gasteiger partial charge in [-0.1, -0.05) is 0 Å². The van der Waals surface area contributed by atoms with Crippen molar-refractivity contribution in [1.82, 2.24) is 0 Å². The van der Waals surface area contributed by atoms with Crippen LogP contribution in [-0.4, -0.2) is 8.76 Å². The molecule has 1 rings (SSSR count). The molecule has 1 aromatic rings. The van der Waals surface area contributed by atoms with Gasteiger partial charge in [-0.05, 0) is 30.1 Å². The zero-order valence-corrected chi connectivity index (χ0v) is 9.42. The van der Waals surface area contributed by atoms with Gasteiger partial charge >= 0.3 is 29.6 Å². The monoisotopic (exact) mass is 184 g/mol. The van der Waals surface area contributed by atoms with Crippen LogP contribution >= 0.6 is 11.3 Å². The van der Waals surface area contributed by atoms with Crippen LogP contribution in [0.25, 0.3) is 0 Å². The van der Waals surface area contributed by atoms with E-state index in [2.05, 4.69) is 0 Å². The van der Waals surface area contributed by atoms with E-state index in [0.29, 0.717) is 4.21 Å². The Kier molecular flexibility index (Phi) is 5.02. The smallest absolute Gasteiger partial charge is 0.768 e. The van der Waals surface area contributed by atoms with Gasteiger partial charge in [-0.15, -0.1) is 11.3 Å². The Balaban J connectivity index is 0.000000810. The predicted molar refractivity (Wildman–Crippen MR) is 36.2 cm³/mol. The number of thiophene rings is 1. The van der Waals surface area contributed by atoms with Crippen LogP contribution in [0.4, 0.5) is 0 Å². The zero-order valence-electron chi connectivity index (χ0n) is 5.79. The first-order valence-electron chi connectivity index (χ1n) is 2.36. The Morgan fingerprint density at radius 2 is 2.20 bits per heavy atom. The maximum absolute atomic E-state index is 10.2. The zero-order chi connectivity index (χ0) is 6.85. The molecule has 0 aliphatic carbocycles. The third kappa shape index (κ3) is 2.82. The second-order valence-corrected chi connectivity index (χ2v) is 4.06. The van der Waals surface area contributed by atoms with Crippen molar-refractivity contribution in [3.05, 3.63) is 17.0 Å². The SMILES string of the molecule is Cc1ccc(S(=O)[O-])s1.[Na+]. The summed E-state index contributed by atoms with van der Waals surface area (Å²) >= 11 is -0.756. The molecule has 0 amide bonds. The third-order valence-corrected chi connectivity index (χ3v) is 2.80. The Bertz CT molecular complexity index is 233. The molecule has 5 heteroatoms. The summed E-state index contributed by atoms with van der Waals surface area (Å²) in [6.07, 6.45) is 0. The van der Waals surface area contributed by atoms with Gasteiger partial charge in [0.25, 0.3) is 0 Å². The van der Waals surface area contributed by atoms with E-state index in [9.17, 15) is 8.76 Å². The van der Waals surface area contributed by atoms with Gasteiger partial charge in [0, 0.05) is 4.88 Å². The molecular formula is C5H5NaO2S2. The van der Waals surface area contributed by atoms with Crippen LogP contribution in [0.1, 0.15) is 4.88 Å². The maximum Gasteiger partial charge on any atom is 1.00 e. The third-order valence-electron chi connectivity index (χ3n) is 0.880. The Hall–Kier alpha value is 0.810. The Labute approximate surface area is 88.2 Å². The average Bonchev–Trinajstić information content (AvgIpc) is 2.14. The summed E-state index contributed by atoms with van der Waals surface area (Å²) in [4.78, 5) is 1.02. The van der Waals surface area contributed by atoms with E-state index in [1.165, 1.54) is 11.3 Å². The van der Waals surface area contributed by atoms with Gasteiger partial charge in [0.15, 0.2) is 0 Å². The van der Waals surface area contributed by atoms with Gasteiger partial charge in [-0.25, -0.2) is 0 Å². The molecule has 1 aromatic heterocycles. The largest absolute Gasteiger partial charge is 1.00 e. The van der Waals surface area contributed by atoms with Crippen molar-refractivity contribution in [1.29, 1.82) is 0 Å². The van der Waals surface area contributed by atoms with E-state index in [1.54, 1.807) is 12.1 Å². The molecule has 0 fully saturated rings. The molecule has 0 saturated heterocycles. The molecule has 1 atom stereocenters. The topological polar surface area (TPSA) is 40.1 Å². The predicted octanol–water partition coefficient (Wildman–Crippen LogP) is -1.70. The van der Waals surface area contributed by atoms with Crippen LogP contribution in [0.5, 0.6) is 0 Å². The molecule has 2 nitrogen and oxygen atoms in total. The van der Waals surface area contributed by atoms with Crippen molar-refractivity contribution >= 4 is 22.4 Å². The fourth-order valence-corrected chi connectivity index (χ4v) is 1.94. The van der Waals surface area contributed by atoms with Gasteiger partial charge in [-0.3, -0.25) is 4.21 Å². The molecule has 0 radical (unpaired) electrons.